The molecular formula is C11H13N3O. The number of para-hydroxylation sites is 1. The monoisotopic (exact) mass is 203 g/mol. The van der Waals surface area contributed by atoms with Crippen LogP contribution in [0, 0.1) is 0 Å². The molecule has 0 unspecified atom stereocenters. The van der Waals surface area contributed by atoms with Crippen molar-refractivity contribution in [2.24, 2.45) is 15.2 Å². The molecule has 1 rings (SSSR count). The highest BCUT2D eigenvalue weighted by Gasteiger charge is 2.07. The number of rotatable bonds is 2. The van der Waals surface area contributed by atoms with Crippen molar-refractivity contribution >= 4 is 17.5 Å². The van der Waals surface area contributed by atoms with Crippen LogP contribution in [0.2, 0.25) is 0 Å². The SMILES string of the molecule is CC(C)(C)N=Nc1ccccc1N=C=O. The summed E-state index contributed by atoms with van der Waals surface area (Å²) in [7, 11) is 0. The molecular weight excluding hydrogens is 190 g/mol. The second-order valence-corrected chi connectivity index (χ2v) is 4.06. The Morgan fingerprint density at radius 3 is 2.27 bits per heavy atom. The van der Waals surface area contributed by atoms with Gasteiger partial charge in [0.05, 0.1) is 5.54 Å². The maximum absolute atomic E-state index is 10.2. The van der Waals surface area contributed by atoms with E-state index in [1.54, 1.807) is 18.2 Å². The lowest BCUT2D eigenvalue weighted by Crippen LogP contribution is -2.07. The summed E-state index contributed by atoms with van der Waals surface area (Å²) >= 11 is 0. The number of benzene rings is 1. The highest BCUT2D eigenvalue weighted by Crippen LogP contribution is 2.28. The average Bonchev–Trinajstić information content (AvgIpc) is 2.16. The maximum atomic E-state index is 10.2. The third-order valence-electron chi connectivity index (χ3n) is 1.51. The fourth-order valence-corrected chi connectivity index (χ4v) is 0.896. The van der Waals surface area contributed by atoms with E-state index >= 15 is 0 Å². The molecule has 15 heavy (non-hydrogen) atoms. The fourth-order valence-electron chi connectivity index (χ4n) is 0.896. The molecule has 1 aromatic carbocycles. The van der Waals surface area contributed by atoms with E-state index in [9.17, 15) is 4.79 Å². The molecule has 0 aliphatic heterocycles. The predicted molar refractivity (Wildman–Crippen MR) is 58.5 cm³/mol. The van der Waals surface area contributed by atoms with Crippen molar-refractivity contribution in [1.82, 2.24) is 0 Å². The molecule has 0 spiro atoms. The van der Waals surface area contributed by atoms with E-state index in [4.69, 9.17) is 0 Å². The Bertz CT molecular complexity index is 412. The zero-order valence-electron chi connectivity index (χ0n) is 9.06. The number of hydrogen-bond donors (Lipinski definition) is 0. The van der Waals surface area contributed by atoms with Crippen LogP contribution in [-0.2, 0) is 4.79 Å². The van der Waals surface area contributed by atoms with Crippen LogP contribution in [0.4, 0.5) is 11.4 Å². The molecule has 0 radical (unpaired) electrons. The largest absolute Gasteiger partial charge is 0.240 e. The minimum absolute atomic E-state index is 0.238. The number of nitrogens with zero attached hydrogens (tertiary/aromatic N) is 3. The van der Waals surface area contributed by atoms with Gasteiger partial charge in [-0.15, -0.1) is 0 Å². The van der Waals surface area contributed by atoms with Gasteiger partial charge in [-0.25, -0.2) is 4.79 Å². The number of aliphatic imine (C=N–C) groups is 1. The molecule has 0 fully saturated rings. The van der Waals surface area contributed by atoms with Crippen LogP contribution in [-0.4, -0.2) is 11.6 Å². The summed E-state index contributed by atoms with van der Waals surface area (Å²) in [4.78, 5) is 13.7. The van der Waals surface area contributed by atoms with Gasteiger partial charge < -0.3 is 0 Å². The average molecular weight is 203 g/mol. The zero-order valence-corrected chi connectivity index (χ0v) is 9.06. The molecule has 0 saturated heterocycles. The van der Waals surface area contributed by atoms with Crippen molar-refractivity contribution < 1.29 is 4.79 Å². The molecule has 0 aromatic heterocycles. The maximum Gasteiger partial charge on any atom is 0.240 e. The number of azo groups is 1. The summed E-state index contributed by atoms with van der Waals surface area (Å²) in [6, 6.07) is 7.06. The van der Waals surface area contributed by atoms with Gasteiger partial charge in [0.15, 0.2) is 0 Å². The van der Waals surface area contributed by atoms with Gasteiger partial charge in [0.2, 0.25) is 6.08 Å². The fraction of sp³-hybridized carbons (Fsp3) is 0.364. The summed E-state index contributed by atoms with van der Waals surface area (Å²) < 4.78 is 0. The molecule has 0 saturated carbocycles. The lowest BCUT2D eigenvalue weighted by Gasteiger charge is -2.08. The van der Waals surface area contributed by atoms with Gasteiger partial charge in [0, 0.05) is 0 Å². The van der Waals surface area contributed by atoms with E-state index in [0.717, 1.165) is 0 Å². The summed E-state index contributed by atoms with van der Waals surface area (Å²) in [5, 5.41) is 8.15. The Balaban J connectivity index is 3.04. The van der Waals surface area contributed by atoms with Gasteiger partial charge in [-0.2, -0.15) is 15.2 Å². The second-order valence-electron chi connectivity index (χ2n) is 4.06. The third kappa shape index (κ3) is 3.83. The second kappa shape index (κ2) is 4.62. The van der Waals surface area contributed by atoms with Crippen LogP contribution in [0.5, 0.6) is 0 Å². The van der Waals surface area contributed by atoms with Crippen molar-refractivity contribution in [2.75, 3.05) is 0 Å². The molecule has 0 atom stereocenters. The quantitative estimate of drug-likeness (QED) is 0.412. The van der Waals surface area contributed by atoms with Gasteiger partial charge in [-0.1, -0.05) is 12.1 Å². The van der Waals surface area contributed by atoms with Gasteiger partial charge >= 0.3 is 0 Å². The van der Waals surface area contributed by atoms with Gasteiger partial charge in [0.25, 0.3) is 0 Å². The molecule has 0 amide bonds. The van der Waals surface area contributed by atoms with Crippen molar-refractivity contribution in [1.29, 1.82) is 0 Å². The lowest BCUT2D eigenvalue weighted by atomic mass is 10.1. The normalized spacial score (nSPS) is 11.4. The summed E-state index contributed by atoms with van der Waals surface area (Å²) in [5.41, 5.74) is 0.828. The molecule has 4 heteroatoms. The highest BCUT2D eigenvalue weighted by molar-refractivity contribution is 5.64. The smallest absolute Gasteiger partial charge is 0.211 e. The molecule has 0 aliphatic carbocycles. The first kappa shape index (κ1) is 11.3. The Hall–Kier alpha value is -1.80. The first-order chi connectivity index (χ1) is 7.03. The molecule has 78 valence electrons. The molecule has 4 nitrogen and oxygen atoms in total. The number of isocyanates is 1. The van der Waals surface area contributed by atoms with Crippen LogP contribution in [0.3, 0.4) is 0 Å². The summed E-state index contributed by atoms with van der Waals surface area (Å²) in [5.74, 6) is 0. The highest BCUT2D eigenvalue weighted by atomic mass is 16.1. The Kier molecular flexibility index (Phi) is 3.47. The number of carbonyl (C=O) groups excluding carboxylic acids is 1. The molecule has 0 aliphatic rings. The Morgan fingerprint density at radius 2 is 1.73 bits per heavy atom. The van der Waals surface area contributed by atoms with E-state index < -0.39 is 0 Å². The Labute approximate surface area is 88.8 Å². The van der Waals surface area contributed by atoms with Crippen LogP contribution in [0.15, 0.2) is 39.5 Å². The third-order valence-corrected chi connectivity index (χ3v) is 1.51. The van der Waals surface area contributed by atoms with E-state index in [1.807, 2.05) is 26.8 Å². The van der Waals surface area contributed by atoms with Crippen LogP contribution in [0.1, 0.15) is 20.8 Å². The molecule has 0 heterocycles. The minimum atomic E-state index is -0.238. The van der Waals surface area contributed by atoms with E-state index in [0.29, 0.717) is 11.4 Å². The topological polar surface area (TPSA) is 54.1 Å². The van der Waals surface area contributed by atoms with E-state index in [-0.39, 0.29) is 5.54 Å². The molecule has 1 aromatic rings. The Morgan fingerprint density at radius 1 is 1.13 bits per heavy atom. The lowest BCUT2D eigenvalue weighted by molar-refractivity contribution is 0.552. The summed E-state index contributed by atoms with van der Waals surface area (Å²) in [6.07, 6.45) is 1.49. The summed E-state index contributed by atoms with van der Waals surface area (Å²) in [6.45, 7) is 5.84. The van der Waals surface area contributed by atoms with Crippen molar-refractivity contribution in [3.05, 3.63) is 24.3 Å². The van der Waals surface area contributed by atoms with Gasteiger partial charge in [-0.3, -0.25) is 0 Å². The zero-order chi connectivity index (χ0) is 11.3. The van der Waals surface area contributed by atoms with Crippen molar-refractivity contribution in [3.8, 4) is 0 Å². The van der Waals surface area contributed by atoms with E-state index in [2.05, 4.69) is 15.2 Å². The van der Waals surface area contributed by atoms with Crippen LogP contribution < -0.4 is 0 Å². The van der Waals surface area contributed by atoms with Crippen LogP contribution in [0.25, 0.3) is 0 Å². The molecule has 0 bridgehead atoms. The van der Waals surface area contributed by atoms with Crippen molar-refractivity contribution in [3.63, 3.8) is 0 Å². The first-order valence-electron chi connectivity index (χ1n) is 4.63. The minimum Gasteiger partial charge on any atom is -0.211 e. The first-order valence-corrected chi connectivity index (χ1v) is 4.63. The van der Waals surface area contributed by atoms with Gasteiger partial charge in [-0.05, 0) is 32.9 Å². The standard InChI is InChI=1S/C11H13N3O/c1-11(2,3)14-13-10-7-5-4-6-9(10)12-8-15/h4-7H,1-3H3. The molecule has 0 N–H and O–H groups in total. The van der Waals surface area contributed by atoms with E-state index in [1.165, 1.54) is 6.08 Å². The number of hydrogen-bond acceptors (Lipinski definition) is 4. The van der Waals surface area contributed by atoms with Crippen molar-refractivity contribution in [2.45, 2.75) is 26.3 Å². The predicted octanol–water partition coefficient (Wildman–Crippen LogP) is 3.54. The van der Waals surface area contributed by atoms with Gasteiger partial charge in [0.1, 0.15) is 11.4 Å². The van der Waals surface area contributed by atoms with Crippen LogP contribution >= 0.6 is 0 Å².